The quantitative estimate of drug-likeness (QED) is 0.0583. The van der Waals surface area contributed by atoms with Crippen molar-refractivity contribution in [2.45, 2.75) is 64.7 Å². The molecular formula is C53H56N8O6. The number of methoxy groups -OCH3 is 2. The number of imidazole rings is 2. The second kappa shape index (κ2) is 18.8. The first-order valence-electron chi connectivity index (χ1n) is 23.0. The molecule has 0 radical (unpaired) electrons. The first-order valence-corrected chi connectivity index (χ1v) is 23.0. The molecule has 1 unspecified atom stereocenters. The molecule has 3 heterocycles. The number of carbonyl (C=O) groups is 4. The zero-order valence-corrected chi connectivity index (χ0v) is 38.5. The molecule has 1 aliphatic carbocycles. The number of aromatic nitrogens is 4. The Morgan fingerprint density at radius 1 is 0.866 bits per heavy atom. The molecule has 5 aromatic carbocycles. The summed E-state index contributed by atoms with van der Waals surface area (Å²) in [4.78, 5) is 74.2. The molecular weight excluding hydrogens is 845 g/mol. The summed E-state index contributed by atoms with van der Waals surface area (Å²) in [5.41, 5.74) is 6.91. The van der Waals surface area contributed by atoms with Gasteiger partial charge in [0.15, 0.2) is 0 Å². The van der Waals surface area contributed by atoms with Crippen molar-refractivity contribution in [1.29, 1.82) is 0 Å². The minimum atomic E-state index is -0.864. The summed E-state index contributed by atoms with van der Waals surface area (Å²) < 4.78 is 10.1. The van der Waals surface area contributed by atoms with Gasteiger partial charge in [0.1, 0.15) is 29.8 Å². The van der Waals surface area contributed by atoms with Gasteiger partial charge in [0.05, 0.1) is 49.1 Å². The van der Waals surface area contributed by atoms with Gasteiger partial charge >= 0.3 is 6.09 Å². The molecule has 4 amide bonds. The lowest BCUT2D eigenvalue weighted by Crippen LogP contribution is -2.51. The number of carbonyl (C=O) groups excluding carboxylic acids is 4. The number of aromatic amines is 2. The smallest absolute Gasteiger partial charge is 0.407 e. The van der Waals surface area contributed by atoms with E-state index in [4.69, 9.17) is 19.4 Å². The summed E-state index contributed by atoms with van der Waals surface area (Å²) >= 11 is 0. The van der Waals surface area contributed by atoms with Crippen LogP contribution in [0, 0.1) is 17.8 Å². The van der Waals surface area contributed by atoms with Gasteiger partial charge in [-0.1, -0.05) is 94.1 Å². The highest BCUT2D eigenvalue weighted by molar-refractivity contribution is 6.07. The number of likely N-dealkylation sites (tertiary alicyclic amines) is 1. The van der Waals surface area contributed by atoms with Gasteiger partial charge in [-0.3, -0.25) is 14.4 Å². The largest absolute Gasteiger partial charge is 0.505 e. The molecule has 0 spiro atoms. The van der Waals surface area contributed by atoms with Crippen LogP contribution in [0.4, 0.5) is 4.79 Å². The third kappa shape index (κ3) is 8.95. The fraction of sp³-hybridized carbons (Fsp3) is 0.321. The van der Waals surface area contributed by atoms with Gasteiger partial charge in [0.2, 0.25) is 11.8 Å². The third-order valence-corrected chi connectivity index (χ3v) is 13.0. The first kappa shape index (κ1) is 44.7. The van der Waals surface area contributed by atoms with E-state index in [0.717, 1.165) is 85.1 Å². The van der Waals surface area contributed by atoms with Crippen LogP contribution in [-0.4, -0.2) is 86.9 Å². The highest BCUT2D eigenvalue weighted by Crippen LogP contribution is 2.42. The van der Waals surface area contributed by atoms with E-state index >= 15 is 0 Å². The van der Waals surface area contributed by atoms with Gasteiger partial charge < -0.3 is 39.9 Å². The highest BCUT2D eigenvalue weighted by atomic mass is 16.5. The second-order valence-corrected chi connectivity index (χ2v) is 18.0. The highest BCUT2D eigenvalue weighted by Gasteiger charge is 2.44. The fourth-order valence-electron chi connectivity index (χ4n) is 9.31. The fourth-order valence-corrected chi connectivity index (χ4v) is 9.31. The molecule has 14 heteroatoms. The van der Waals surface area contributed by atoms with E-state index in [0.29, 0.717) is 24.7 Å². The summed E-state index contributed by atoms with van der Waals surface area (Å²) in [6.07, 6.45) is 5.28. The predicted molar refractivity (Wildman–Crippen MR) is 259 cm³/mol. The van der Waals surface area contributed by atoms with Crippen molar-refractivity contribution < 1.29 is 28.7 Å². The van der Waals surface area contributed by atoms with Gasteiger partial charge in [-0.05, 0) is 88.6 Å². The lowest BCUT2D eigenvalue weighted by atomic mass is 9.98. The number of H-pyrrole nitrogens is 2. The maximum absolute atomic E-state index is 14.7. The van der Waals surface area contributed by atoms with E-state index in [9.17, 15) is 19.2 Å². The summed E-state index contributed by atoms with van der Waals surface area (Å²) in [6.45, 7) is 11.4. The Kier molecular flexibility index (Phi) is 12.5. The Morgan fingerprint density at radius 3 is 2.13 bits per heavy atom. The Morgan fingerprint density at radius 2 is 1.52 bits per heavy atom. The van der Waals surface area contributed by atoms with Crippen molar-refractivity contribution in [2.75, 3.05) is 27.3 Å². The van der Waals surface area contributed by atoms with E-state index in [-0.39, 0.29) is 42.0 Å². The summed E-state index contributed by atoms with van der Waals surface area (Å²) in [5.74, 6) is 0.335. The summed E-state index contributed by atoms with van der Waals surface area (Å²) in [6, 6.07) is 28.1. The average molecular weight is 901 g/mol. The van der Waals surface area contributed by atoms with Crippen molar-refractivity contribution in [3.8, 4) is 11.1 Å². The van der Waals surface area contributed by atoms with Gasteiger partial charge in [0, 0.05) is 35.7 Å². The normalized spacial score (nSPS) is 17.2. The van der Waals surface area contributed by atoms with Gasteiger partial charge in [0.25, 0.3) is 5.91 Å². The van der Waals surface area contributed by atoms with E-state index in [1.807, 2.05) is 69.3 Å². The topological polar surface area (TPSA) is 175 Å². The molecule has 1 aliphatic heterocycles. The first-order chi connectivity index (χ1) is 32.5. The molecule has 2 aliphatic rings. The van der Waals surface area contributed by atoms with E-state index < -0.39 is 24.2 Å². The predicted octanol–water partition coefficient (Wildman–Crippen LogP) is 9.02. The van der Waals surface area contributed by atoms with Gasteiger partial charge in [-0.25, -0.2) is 14.8 Å². The number of alkyl carbamates (subject to hydrolysis) is 1. The number of nitrogens with one attached hydrogen (secondary N) is 4. The van der Waals surface area contributed by atoms with Crippen LogP contribution in [0.3, 0.4) is 0 Å². The van der Waals surface area contributed by atoms with Crippen LogP contribution in [0.5, 0.6) is 0 Å². The molecule has 1 saturated carbocycles. The summed E-state index contributed by atoms with van der Waals surface area (Å²) in [5, 5.41) is 9.82. The van der Waals surface area contributed by atoms with Crippen LogP contribution in [-0.2, 0) is 30.4 Å². The third-order valence-electron chi connectivity index (χ3n) is 13.0. The standard InChI is InChI=1S/C53H56N8O6/c1-7-24-60(51(63)44(30(2)3)59-53(65)67-6)29-43-54-41-21-17-36-26-34(15-19-39(36)46(41)56-43)35-16-20-40-37(27-35)18-22-42-47(40)57-49(55-42)48-31(4)38(23-25-66-5)28-61(48)52(64)45(32-11-9-8-10-12-32)58-50(62)33-13-14-33/h8-12,15-23,25-27,30,33,38,44-45,48H,4,7,13-14,24,28-29H2,1-3,5-6H3,(H,54,56)(H,55,57)(H,58,62)(H,59,65)/b25-23+/t38?,44-,45+,48-/m0/s1. The van der Waals surface area contributed by atoms with Crippen molar-refractivity contribution in [3.63, 3.8) is 0 Å². The molecule has 2 fully saturated rings. The molecule has 9 rings (SSSR count). The molecule has 1 saturated heterocycles. The van der Waals surface area contributed by atoms with Crippen LogP contribution in [0.15, 0.2) is 115 Å². The molecule has 4 atom stereocenters. The van der Waals surface area contributed by atoms with Gasteiger partial charge in [-0.15, -0.1) is 0 Å². The van der Waals surface area contributed by atoms with E-state index in [2.05, 4.69) is 75.7 Å². The van der Waals surface area contributed by atoms with Crippen LogP contribution in [0.25, 0.3) is 54.7 Å². The van der Waals surface area contributed by atoms with E-state index in [1.165, 1.54) is 7.11 Å². The monoisotopic (exact) mass is 900 g/mol. The number of amides is 4. The molecule has 0 bridgehead atoms. The van der Waals surface area contributed by atoms with Crippen LogP contribution < -0.4 is 10.6 Å². The minimum absolute atomic E-state index is 0.0646. The zero-order chi connectivity index (χ0) is 46.9. The molecule has 67 heavy (non-hydrogen) atoms. The van der Waals surface area contributed by atoms with Crippen molar-refractivity contribution >= 4 is 67.4 Å². The minimum Gasteiger partial charge on any atom is -0.505 e. The molecule has 344 valence electrons. The van der Waals surface area contributed by atoms with Crippen molar-refractivity contribution in [1.82, 2.24) is 40.4 Å². The Labute approximate surface area is 388 Å². The Hall–Kier alpha value is -7.48. The van der Waals surface area contributed by atoms with Crippen LogP contribution in [0.1, 0.15) is 69.3 Å². The number of hydrogen-bond acceptors (Lipinski definition) is 8. The number of benzene rings is 5. The lowest BCUT2D eigenvalue weighted by molar-refractivity contribution is -0.137. The lowest BCUT2D eigenvalue weighted by Gasteiger charge is -2.29. The van der Waals surface area contributed by atoms with E-state index in [1.54, 1.807) is 23.2 Å². The zero-order valence-electron chi connectivity index (χ0n) is 38.5. The number of hydrogen-bond donors (Lipinski definition) is 4. The number of rotatable bonds is 15. The van der Waals surface area contributed by atoms with Crippen LogP contribution in [0.2, 0.25) is 0 Å². The van der Waals surface area contributed by atoms with Crippen LogP contribution >= 0.6 is 0 Å². The Balaban J connectivity index is 0.995. The SMILES string of the molecule is C=C1C(/C=C/OC)CN(C(=O)[C@H](NC(=O)C2CC2)c2ccccc2)[C@@H]1c1nc2ccc3cc(-c4ccc5c(ccc6nc(CN(CCC)C(=O)[C@@H](NC(=O)OC)C(C)C)[nH]c65)c4)ccc3c2[nH]1. The molecule has 2 aromatic heterocycles. The number of fused-ring (bicyclic) bond motifs is 6. The maximum Gasteiger partial charge on any atom is 0.407 e. The molecule has 7 aromatic rings. The molecule has 4 N–H and O–H groups in total. The van der Waals surface area contributed by atoms with Crippen molar-refractivity contribution in [2.24, 2.45) is 17.8 Å². The number of ether oxygens (including phenoxy) is 2. The average Bonchev–Trinajstić information content (AvgIpc) is 3.84. The van der Waals surface area contributed by atoms with Crippen molar-refractivity contribution in [3.05, 3.63) is 133 Å². The number of nitrogens with zero attached hydrogens (tertiary/aromatic N) is 4. The summed E-state index contributed by atoms with van der Waals surface area (Å²) in [7, 11) is 2.87. The second-order valence-electron chi connectivity index (χ2n) is 18.0. The Bertz CT molecular complexity index is 3060. The van der Waals surface area contributed by atoms with Gasteiger partial charge in [-0.2, -0.15) is 0 Å². The molecule has 14 nitrogen and oxygen atoms in total. The maximum atomic E-state index is 14.7.